The minimum Gasteiger partial charge on any atom is -0.861 e. The molecule has 0 aliphatic carbocycles. The molecular weight excluding hydrogens is 295 g/mol. The van der Waals surface area contributed by atoms with Crippen molar-refractivity contribution in [3.63, 3.8) is 0 Å². The molecule has 1 heterocycles. The van der Waals surface area contributed by atoms with E-state index in [0.717, 1.165) is 5.56 Å². The Hall–Kier alpha value is -1.21. The van der Waals surface area contributed by atoms with Gasteiger partial charge >= 0.3 is 35.6 Å². The minimum absolute atomic E-state index is 0. The maximum absolute atomic E-state index is 12.0. The largest absolute Gasteiger partial charge is 1.00 e. The van der Waals surface area contributed by atoms with Crippen molar-refractivity contribution in [3.05, 3.63) is 35.9 Å². The van der Waals surface area contributed by atoms with E-state index in [-0.39, 0.29) is 49.0 Å². The number of hydrogen-bond acceptors (Lipinski definition) is 4. The molecule has 0 saturated carbocycles. The van der Waals surface area contributed by atoms with Crippen LogP contribution in [0.5, 0.6) is 0 Å². The first-order valence-corrected chi connectivity index (χ1v) is 6.82. The number of ether oxygens (including phenoxy) is 1. The van der Waals surface area contributed by atoms with Gasteiger partial charge in [-0.15, -0.1) is 0 Å². The van der Waals surface area contributed by atoms with Crippen LogP contribution in [0.25, 0.3) is 0 Å². The molecule has 1 atom stereocenters. The molecule has 112 valence electrons. The summed E-state index contributed by atoms with van der Waals surface area (Å²) in [5, 5.41) is 14.0. The summed E-state index contributed by atoms with van der Waals surface area (Å²) < 4.78 is 5.51. The number of hydrogen-bond donors (Lipinski definition) is 1. The second-order valence-electron chi connectivity index (χ2n) is 4.90. The van der Waals surface area contributed by atoms with Crippen LogP contribution in [0.15, 0.2) is 35.3 Å². The zero-order valence-electron chi connectivity index (χ0n) is 12.8. The Morgan fingerprint density at radius 1 is 1.27 bits per heavy atom. The Morgan fingerprint density at radius 2 is 1.95 bits per heavy atom. The van der Waals surface area contributed by atoms with Crippen molar-refractivity contribution in [2.75, 3.05) is 6.61 Å². The third kappa shape index (κ3) is 4.16. The van der Waals surface area contributed by atoms with Crippen LogP contribution in [0.1, 0.15) is 25.3 Å². The van der Waals surface area contributed by atoms with Crippen LogP contribution in [-0.2, 0) is 16.1 Å². The van der Waals surface area contributed by atoms with Crippen molar-refractivity contribution in [2.24, 2.45) is 10.4 Å². The Balaban J connectivity index is 0.00000242. The van der Waals surface area contributed by atoms with Crippen molar-refractivity contribution in [1.82, 2.24) is 5.32 Å². The van der Waals surface area contributed by atoms with Gasteiger partial charge in [-0.05, 0) is 24.3 Å². The molecule has 1 aliphatic heterocycles. The molecule has 1 aromatic carbocycles. The van der Waals surface area contributed by atoms with Gasteiger partial charge in [0.05, 0.1) is 12.0 Å². The normalized spacial score (nSPS) is 20.9. The molecule has 0 aromatic heterocycles. The summed E-state index contributed by atoms with van der Waals surface area (Å²) in [6.45, 7) is 2.37. The van der Waals surface area contributed by atoms with E-state index in [4.69, 9.17) is 4.74 Å². The molecule has 7 heteroatoms. The molecule has 1 aromatic rings. The molecule has 1 aliphatic rings. The molecule has 0 fully saturated rings. The molecule has 1 unspecified atom stereocenters. The zero-order chi connectivity index (χ0) is 15.3. The van der Waals surface area contributed by atoms with E-state index in [1.54, 1.807) is 6.92 Å². The van der Waals surface area contributed by atoms with Gasteiger partial charge in [0.1, 0.15) is 0 Å². The molecule has 6 nitrogen and oxygen atoms in total. The molecule has 0 radical (unpaired) electrons. The minimum atomic E-state index is -1.29. The Labute approximate surface area is 151 Å². The van der Waals surface area contributed by atoms with E-state index in [1.165, 1.54) is 0 Å². The number of nitrogens with zero attached hydrogens (tertiary/aromatic N) is 1. The SMILES string of the molecule is CCC1(CCOCc2ccccc2)C(=O)NC(=O)N=C1[O-].[Na+]. The number of nitrogens with one attached hydrogen (secondary N) is 1. The van der Waals surface area contributed by atoms with Crippen LogP contribution in [0.4, 0.5) is 4.79 Å². The van der Waals surface area contributed by atoms with E-state index in [9.17, 15) is 14.7 Å². The smallest absolute Gasteiger partial charge is 0.861 e. The van der Waals surface area contributed by atoms with Gasteiger partial charge in [-0.2, -0.15) is 0 Å². The first kappa shape index (κ1) is 18.8. The Bertz CT molecular complexity index is 562. The summed E-state index contributed by atoms with van der Waals surface area (Å²) in [6, 6.07) is 8.71. The predicted molar refractivity (Wildman–Crippen MR) is 74.4 cm³/mol. The third-order valence-electron chi connectivity index (χ3n) is 3.66. The van der Waals surface area contributed by atoms with Gasteiger partial charge in [-0.25, -0.2) is 9.79 Å². The third-order valence-corrected chi connectivity index (χ3v) is 3.66. The number of aliphatic imine (C=N–C) groups is 1. The van der Waals surface area contributed by atoms with E-state index in [2.05, 4.69) is 10.3 Å². The number of amides is 3. The van der Waals surface area contributed by atoms with Crippen LogP contribution in [-0.4, -0.2) is 24.4 Å². The van der Waals surface area contributed by atoms with E-state index >= 15 is 0 Å². The number of imide groups is 1. The average Bonchev–Trinajstić information content (AvgIpc) is 2.47. The van der Waals surface area contributed by atoms with Crippen molar-refractivity contribution < 1.29 is 49.0 Å². The van der Waals surface area contributed by atoms with Crippen LogP contribution >= 0.6 is 0 Å². The molecular formula is C15H17N2NaO4. The molecule has 0 saturated heterocycles. The summed E-state index contributed by atoms with van der Waals surface area (Å²) in [5.41, 5.74) is -0.271. The Morgan fingerprint density at radius 3 is 2.55 bits per heavy atom. The van der Waals surface area contributed by atoms with E-state index < -0.39 is 23.3 Å². The first-order chi connectivity index (χ1) is 10.1. The first-order valence-electron chi connectivity index (χ1n) is 6.82. The summed E-state index contributed by atoms with van der Waals surface area (Å²) >= 11 is 0. The quantitative estimate of drug-likeness (QED) is 0.486. The van der Waals surface area contributed by atoms with Gasteiger partial charge in [0, 0.05) is 6.61 Å². The van der Waals surface area contributed by atoms with Crippen molar-refractivity contribution in [1.29, 1.82) is 0 Å². The van der Waals surface area contributed by atoms with Gasteiger partial charge in [-0.1, -0.05) is 37.3 Å². The molecule has 1 N–H and O–H groups in total. The average molecular weight is 312 g/mol. The fraction of sp³-hybridized carbons (Fsp3) is 0.400. The second kappa shape index (κ2) is 8.43. The van der Waals surface area contributed by atoms with Gasteiger partial charge < -0.3 is 9.84 Å². The van der Waals surface area contributed by atoms with Gasteiger partial charge in [0.15, 0.2) is 0 Å². The summed E-state index contributed by atoms with van der Waals surface area (Å²) in [6.07, 6.45) is 0.487. The summed E-state index contributed by atoms with van der Waals surface area (Å²) in [7, 11) is 0. The number of carbonyl (C=O) groups is 2. The molecule has 0 spiro atoms. The van der Waals surface area contributed by atoms with Crippen LogP contribution in [0, 0.1) is 5.41 Å². The zero-order valence-corrected chi connectivity index (χ0v) is 14.8. The molecule has 0 bridgehead atoms. The fourth-order valence-corrected chi connectivity index (χ4v) is 2.26. The number of urea groups is 1. The Kier molecular flexibility index (Phi) is 7.22. The van der Waals surface area contributed by atoms with Gasteiger partial charge in [0.2, 0.25) is 5.91 Å². The summed E-state index contributed by atoms with van der Waals surface area (Å²) in [5.74, 6) is -1.26. The van der Waals surface area contributed by atoms with E-state index in [0.29, 0.717) is 6.61 Å². The number of carbonyl (C=O) groups excluding carboxylic acids is 2. The number of benzene rings is 1. The number of rotatable bonds is 6. The molecule has 22 heavy (non-hydrogen) atoms. The second-order valence-corrected chi connectivity index (χ2v) is 4.90. The van der Waals surface area contributed by atoms with Crippen LogP contribution in [0.3, 0.4) is 0 Å². The monoisotopic (exact) mass is 312 g/mol. The maximum atomic E-state index is 12.0. The summed E-state index contributed by atoms with van der Waals surface area (Å²) in [4.78, 5) is 26.3. The van der Waals surface area contributed by atoms with Gasteiger partial charge in [0.25, 0.3) is 0 Å². The molecule has 3 amide bonds. The standard InChI is InChI=1S/C15H18N2O4.Na/c1-2-15(12(18)16-14(20)17-13(15)19)8-9-21-10-11-6-4-3-5-7-11;/h3-7H,2,8-10H2,1H3,(H2,16,17,18,19,20);/q;+1/p-1. The van der Waals surface area contributed by atoms with Crippen molar-refractivity contribution in [3.8, 4) is 0 Å². The molecule has 2 rings (SSSR count). The topological polar surface area (TPSA) is 90.8 Å². The van der Waals surface area contributed by atoms with Crippen molar-refractivity contribution >= 4 is 17.8 Å². The van der Waals surface area contributed by atoms with Crippen molar-refractivity contribution in [2.45, 2.75) is 26.4 Å². The van der Waals surface area contributed by atoms with E-state index in [1.807, 2.05) is 30.3 Å². The van der Waals surface area contributed by atoms with Crippen LogP contribution < -0.4 is 40.0 Å². The maximum Gasteiger partial charge on any atom is 1.00 e. The van der Waals surface area contributed by atoms with Gasteiger partial charge in [-0.3, -0.25) is 10.1 Å². The predicted octanol–water partition coefficient (Wildman–Crippen LogP) is -2.00. The fourth-order valence-electron chi connectivity index (χ4n) is 2.26. The van der Waals surface area contributed by atoms with Crippen LogP contribution in [0.2, 0.25) is 0 Å².